The number of benzene rings is 1. The molecule has 1 aromatic carbocycles. The van der Waals surface area contributed by atoms with Crippen LogP contribution in [0.3, 0.4) is 0 Å². The second-order valence-electron chi connectivity index (χ2n) is 5.97. The summed E-state index contributed by atoms with van der Waals surface area (Å²) in [7, 11) is -7.32. The topological polar surface area (TPSA) is 116 Å². The summed E-state index contributed by atoms with van der Waals surface area (Å²) in [6, 6.07) is 7.94. The van der Waals surface area contributed by atoms with Gasteiger partial charge in [-0.3, -0.25) is 13.3 Å². The van der Waals surface area contributed by atoms with E-state index in [4.69, 9.17) is 13.1 Å². The lowest BCUT2D eigenvalue weighted by Gasteiger charge is -2.46. The monoisotopic (exact) mass is 407 g/mol. The van der Waals surface area contributed by atoms with Gasteiger partial charge in [-0.05, 0) is 12.0 Å². The molecule has 1 aliphatic heterocycles. The molecule has 146 valence electrons. The maximum absolute atomic E-state index is 12.4. The maximum atomic E-state index is 12.4. The van der Waals surface area contributed by atoms with E-state index < -0.39 is 38.4 Å². The second-order valence-corrected chi connectivity index (χ2v) is 9.26. The molecule has 11 heteroatoms. The molecule has 1 heterocycles. The Hall–Kier alpha value is -1.69. The number of ether oxygens (including phenoxy) is 1. The highest BCUT2D eigenvalue weighted by atomic mass is 32.2. The third-order valence-corrected chi connectivity index (χ3v) is 4.82. The molecule has 2 atom stereocenters. The third kappa shape index (κ3) is 6.56. The quantitative estimate of drug-likeness (QED) is 0.579. The number of hydrogen-bond acceptors (Lipinski definition) is 8. The molecule has 0 bridgehead atoms. The van der Waals surface area contributed by atoms with Crippen molar-refractivity contribution in [1.29, 1.82) is 0 Å². The van der Waals surface area contributed by atoms with E-state index in [0.29, 0.717) is 6.42 Å². The Balaban J connectivity index is 1.98. The molecule has 0 aromatic heterocycles. The number of carbonyl (C=O) groups excluding carboxylic acids is 1. The van der Waals surface area contributed by atoms with E-state index in [0.717, 1.165) is 18.1 Å². The van der Waals surface area contributed by atoms with E-state index in [1.165, 1.54) is 4.90 Å². The van der Waals surface area contributed by atoms with Crippen LogP contribution in [0.1, 0.15) is 12.0 Å². The molecule has 26 heavy (non-hydrogen) atoms. The van der Waals surface area contributed by atoms with E-state index >= 15 is 0 Å². The van der Waals surface area contributed by atoms with Gasteiger partial charge in [-0.15, -0.1) is 0 Å². The predicted molar refractivity (Wildman–Crippen MR) is 92.3 cm³/mol. The van der Waals surface area contributed by atoms with Crippen molar-refractivity contribution in [2.24, 2.45) is 0 Å². The number of likely N-dealkylation sites (tertiary alicyclic amines) is 1. The third-order valence-electron chi connectivity index (χ3n) is 3.70. The van der Waals surface area contributed by atoms with Gasteiger partial charge in [0, 0.05) is 0 Å². The lowest BCUT2D eigenvalue weighted by molar-refractivity contribution is -0.0285. The highest BCUT2D eigenvalue weighted by Gasteiger charge is 2.44. The lowest BCUT2D eigenvalue weighted by Crippen LogP contribution is -2.62. The van der Waals surface area contributed by atoms with Gasteiger partial charge < -0.3 is 4.74 Å². The molecule has 0 radical (unpaired) electrons. The second kappa shape index (κ2) is 8.33. The van der Waals surface area contributed by atoms with Gasteiger partial charge in [-0.2, -0.15) is 16.8 Å². The average molecular weight is 407 g/mol. The van der Waals surface area contributed by atoms with E-state index in [1.54, 1.807) is 24.3 Å². The van der Waals surface area contributed by atoms with Gasteiger partial charge in [-0.25, -0.2) is 4.79 Å². The fraction of sp³-hybridized carbons (Fsp3) is 0.533. The molecule has 1 aromatic rings. The summed E-state index contributed by atoms with van der Waals surface area (Å²) < 4.78 is 59.3. The van der Waals surface area contributed by atoms with Crippen LogP contribution in [0.25, 0.3) is 0 Å². The van der Waals surface area contributed by atoms with E-state index in [2.05, 4.69) is 0 Å². The largest absolute Gasteiger partial charge is 0.445 e. The van der Waals surface area contributed by atoms with Crippen molar-refractivity contribution in [3.05, 3.63) is 35.9 Å². The fourth-order valence-corrected chi connectivity index (χ4v) is 3.30. The van der Waals surface area contributed by atoms with Gasteiger partial charge in [0.15, 0.2) is 0 Å². The van der Waals surface area contributed by atoms with Crippen molar-refractivity contribution in [2.45, 2.75) is 25.1 Å². The molecule has 2 unspecified atom stereocenters. The van der Waals surface area contributed by atoms with Gasteiger partial charge in [-0.1, -0.05) is 30.3 Å². The molecule has 2 rings (SSSR count). The zero-order chi connectivity index (χ0) is 19.4. The molecule has 1 saturated heterocycles. The Bertz CT molecular complexity index is 780. The zero-order valence-electron chi connectivity index (χ0n) is 14.4. The number of carbonyl (C=O) groups is 1. The summed E-state index contributed by atoms with van der Waals surface area (Å²) in [5, 5.41) is 0. The Morgan fingerprint density at radius 1 is 1.00 bits per heavy atom. The summed E-state index contributed by atoms with van der Waals surface area (Å²) in [6.07, 6.45) is 1.47. The first kappa shape index (κ1) is 20.6. The van der Waals surface area contributed by atoms with Crippen molar-refractivity contribution in [3.63, 3.8) is 0 Å². The Labute approximate surface area is 153 Å². The van der Waals surface area contributed by atoms with E-state index in [1.807, 2.05) is 6.07 Å². The fourth-order valence-electron chi connectivity index (χ4n) is 2.49. The van der Waals surface area contributed by atoms with Gasteiger partial charge in [0.2, 0.25) is 0 Å². The highest BCUT2D eigenvalue weighted by molar-refractivity contribution is 7.86. The predicted octanol–water partition coefficient (Wildman–Crippen LogP) is 0.719. The molecule has 9 nitrogen and oxygen atoms in total. The summed E-state index contributed by atoms with van der Waals surface area (Å²) in [6.45, 7) is -0.418. The van der Waals surface area contributed by atoms with Crippen LogP contribution in [0, 0.1) is 0 Å². The molecular formula is C15H21NO8S2. The summed E-state index contributed by atoms with van der Waals surface area (Å²) in [4.78, 5) is 13.6. The van der Waals surface area contributed by atoms with Crippen LogP contribution >= 0.6 is 0 Å². The molecule has 0 saturated carbocycles. The minimum absolute atomic E-state index is 0.0372. The van der Waals surface area contributed by atoms with E-state index in [9.17, 15) is 21.6 Å². The molecule has 0 N–H and O–H groups in total. The van der Waals surface area contributed by atoms with Crippen LogP contribution in [0.15, 0.2) is 30.3 Å². The van der Waals surface area contributed by atoms with Crippen LogP contribution in [0.5, 0.6) is 0 Å². The first-order chi connectivity index (χ1) is 12.1. The van der Waals surface area contributed by atoms with Crippen molar-refractivity contribution in [1.82, 2.24) is 4.90 Å². The molecule has 1 fully saturated rings. The number of rotatable bonds is 8. The van der Waals surface area contributed by atoms with Crippen molar-refractivity contribution >= 4 is 26.3 Å². The zero-order valence-corrected chi connectivity index (χ0v) is 16.0. The summed E-state index contributed by atoms with van der Waals surface area (Å²) in [5.41, 5.74) is 0.786. The Morgan fingerprint density at radius 3 is 1.96 bits per heavy atom. The van der Waals surface area contributed by atoms with Gasteiger partial charge in [0.1, 0.15) is 6.61 Å². The van der Waals surface area contributed by atoms with Crippen LogP contribution in [-0.2, 0) is 39.9 Å². The first-order valence-electron chi connectivity index (χ1n) is 7.73. The van der Waals surface area contributed by atoms with Crippen molar-refractivity contribution in [2.75, 3.05) is 25.7 Å². The van der Waals surface area contributed by atoms with Crippen molar-refractivity contribution in [3.8, 4) is 0 Å². The normalized spacial score (nSPS) is 20.5. The lowest BCUT2D eigenvalue weighted by atomic mass is 9.95. The standard InChI is InChI=1S/C15H21NO8S2/c1-25(18,19)23-10-13-8-14(11-24-26(2,20)21)16(13)15(17)22-9-12-6-4-3-5-7-12/h3-7,13-14H,8-11H2,1-2H3. The Kier molecular flexibility index (Phi) is 6.61. The summed E-state index contributed by atoms with van der Waals surface area (Å²) in [5.74, 6) is 0. The van der Waals surface area contributed by atoms with Crippen LogP contribution in [0.2, 0.25) is 0 Å². The average Bonchev–Trinajstić information content (AvgIpc) is 2.50. The first-order valence-corrected chi connectivity index (χ1v) is 11.4. The maximum Gasteiger partial charge on any atom is 0.410 e. The van der Waals surface area contributed by atoms with Gasteiger partial charge in [0.25, 0.3) is 20.2 Å². The Morgan fingerprint density at radius 2 is 1.50 bits per heavy atom. The number of amides is 1. The van der Waals surface area contributed by atoms with E-state index in [-0.39, 0.29) is 19.8 Å². The van der Waals surface area contributed by atoms with Gasteiger partial charge in [0.05, 0.1) is 37.8 Å². The van der Waals surface area contributed by atoms with Crippen molar-refractivity contribution < 1.29 is 34.7 Å². The summed E-state index contributed by atoms with van der Waals surface area (Å²) >= 11 is 0. The number of nitrogens with zero attached hydrogens (tertiary/aromatic N) is 1. The molecule has 1 aliphatic rings. The van der Waals surface area contributed by atoms with Gasteiger partial charge >= 0.3 is 6.09 Å². The SMILES string of the molecule is CS(=O)(=O)OCC1CC(COS(C)(=O)=O)N1C(=O)OCc1ccccc1. The minimum atomic E-state index is -3.66. The number of hydrogen-bond donors (Lipinski definition) is 0. The minimum Gasteiger partial charge on any atom is -0.445 e. The molecular weight excluding hydrogens is 386 g/mol. The molecule has 0 aliphatic carbocycles. The van der Waals surface area contributed by atoms with Crippen LogP contribution in [-0.4, -0.2) is 65.6 Å². The highest BCUT2D eigenvalue weighted by Crippen LogP contribution is 2.28. The smallest absolute Gasteiger partial charge is 0.410 e. The van der Waals surface area contributed by atoms with Crippen LogP contribution < -0.4 is 0 Å². The van der Waals surface area contributed by atoms with Crippen LogP contribution in [0.4, 0.5) is 4.79 Å². The molecule has 1 amide bonds. The molecule has 0 spiro atoms.